The Kier molecular flexibility index (Phi) is 29.3. The number of unbranched alkanes of at least 4 members (excludes halogenated alkanes) is 22. The van der Waals surface area contributed by atoms with Crippen LogP contribution in [0.5, 0.6) is 0 Å². The molecule has 5 heteroatoms. The molecule has 2 aromatic carbocycles. The van der Waals surface area contributed by atoms with Crippen LogP contribution in [0.4, 0.5) is 22.7 Å². The Labute approximate surface area is 325 Å². The van der Waals surface area contributed by atoms with E-state index in [0.717, 1.165) is 37.3 Å². The summed E-state index contributed by atoms with van der Waals surface area (Å²) in [6.07, 6.45) is 33.8. The summed E-state index contributed by atoms with van der Waals surface area (Å²) < 4.78 is 0. The molecule has 0 aromatic heterocycles. The van der Waals surface area contributed by atoms with Gasteiger partial charge in [-0.3, -0.25) is 4.99 Å². The zero-order valence-electron chi connectivity index (χ0n) is 33.5. The van der Waals surface area contributed by atoms with Gasteiger partial charge in [0.25, 0.3) is 0 Å². The molecule has 0 aliphatic heterocycles. The molecule has 51 heavy (non-hydrogen) atoms. The largest absolute Gasteiger partial charge is 0.375 e. The van der Waals surface area contributed by atoms with E-state index in [0.29, 0.717) is 5.71 Å². The van der Waals surface area contributed by atoms with Crippen LogP contribution in [0.15, 0.2) is 58.5 Å². The van der Waals surface area contributed by atoms with Crippen molar-refractivity contribution < 1.29 is 16.5 Å². The van der Waals surface area contributed by atoms with Gasteiger partial charge in [0.2, 0.25) is 0 Å². The van der Waals surface area contributed by atoms with Crippen molar-refractivity contribution in [1.29, 1.82) is 0 Å². The predicted molar refractivity (Wildman–Crippen MR) is 226 cm³/mol. The molecular weight excluding hydrogens is 667 g/mol. The Balaban J connectivity index is 0.0000130. The van der Waals surface area contributed by atoms with Crippen molar-refractivity contribution in [3.05, 3.63) is 48.5 Å². The minimum atomic E-state index is 0. The Bertz CT molecular complexity index is 1210. The monoisotopic (exact) mass is 741 g/mol. The Morgan fingerprint density at radius 1 is 0.510 bits per heavy atom. The zero-order chi connectivity index (χ0) is 35.9. The van der Waals surface area contributed by atoms with Gasteiger partial charge in [0.15, 0.2) is 0 Å². The average molecular weight is 742 g/mol. The molecule has 0 radical (unpaired) electrons. The number of hydrogen-bond donors (Lipinski definition) is 0. The summed E-state index contributed by atoms with van der Waals surface area (Å²) in [7, 11) is 4.21. The third-order valence-electron chi connectivity index (χ3n) is 9.99. The van der Waals surface area contributed by atoms with Gasteiger partial charge in [0.05, 0.1) is 17.6 Å². The zero-order valence-corrected chi connectivity index (χ0v) is 34.5. The summed E-state index contributed by atoms with van der Waals surface area (Å²) in [6.45, 7) is 8.56. The maximum atomic E-state index is 4.85. The summed E-state index contributed by atoms with van der Waals surface area (Å²) in [5.41, 5.74) is 4.90. The summed E-state index contributed by atoms with van der Waals surface area (Å²) in [5, 5.41) is 0. The maximum absolute atomic E-state index is 4.85. The van der Waals surface area contributed by atoms with Gasteiger partial charge in [-0.05, 0) is 74.7 Å². The van der Waals surface area contributed by atoms with Gasteiger partial charge in [-0.1, -0.05) is 148 Å². The smallest absolute Gasteiger partial charge is 0.132 e. The van der Waals surface area contributed by atoms with Gasteiger partial charge in [-0.15, -0.1) is 0 Å². The molecule has 0 heterocycles. The molecule has 2 rings (SSSR count). The van der Waals surface area contributed by atoms with E-state index in [1.54, 1.807) is 0 Å². The normalized spacial score (nSPS) is 11.4. The quantitative estimate of drug-likeness (QED) is 0.0360. The molecule has 288 valence electrons. The molecule has 0 saturated carbocycles. The number of nitrogens with zero attached hydrogens (tertiary/aromatic N) is 4. The van der Waals surface area contributed by atoms with Gasteiger partial charge in [-0.25, -0.2) is 4.99 Å². The van der Waals surface area contributed by atoms with Crippen LogP contribution in [-0.4, -0.2) is 39.1 Å². The second-order valence-corrected chi connectivity index (χ2v) is 14.3. The maximum Gasteiger partial charge on any atom is 0.132 e. The van der Waals surface area contributed by atoms with Crippen molar-refractivity contribution >= 4 is 34.7 Å². The van der Waals surface area contributed by atoms with Crippen LogP contribution in [0.25, 0.3) is 0 Å². The molecule has 0 aliphatic carbocycles. The first-order valence-corrected chi connectivity index (χ1v) is 20.8. The molecule has 0 spiro atoms. The molecule has 0 bridgehead atoms. The van der Waals surface area contributed by atoms with E-state index in [9.17, 15) is 0 Å². The van der Waals surface area contributed by atoms with E-state index < -0.39 is 0 Å². The predicted octanol–water partition coefficient (Wildman–Crippen LogP) is 14.1. The molecule has 0 amide bonds. The topological polar surface area (TPSA) is 31.2 Å². The summed E-state index contributed by atoms with van der Waals surface area (Å²) >= 11 is 0. The Morgan fingerprint density at radius 3 is 1.24 bits per heavy atom. The van der Waals surface area contributed by atoms with Crippen molar-refractivity contribution in [2.45, 2.75) is 168 Å². The van der Waals surface area contributed by atoms with E-state index in [-0.39, 0.29) is 16.5 Å². The van der Waals surface area contributed by atoms with E-state index in [2.05, 4.69) is 105 Å². The fraction of sp³-hybridized carbons (Fsp3) is 0.652. The van der Waals surface area contributed by atoms with Crippen molar-refractivity contribution in [1.82, 2.24) is 0 Å². The average Bonchev–Trinajstić information content (AvgIpc) is 3.15. The van der Waals surface area contributed by atoms with Gasteiger partial charge in [0.1, 0.15) is 5.71 Å². The van der Waals surface area contributed by atoms with Crippen molar-refractivity contribution in [2.75, 3.05) is 37.0 Å². The fourth-order valence-electron chi connectivity index (χ4n) is 6.28. The third-order valence-corrected chi connectivity index (χ3v) is 9.99. The van der Waals surface area contributed by atoms with Crippen LogP contribution in [0.2, 0.25) is 0 Å². The molecule has 0 unspecified atom stereocenters. The number of anilines is 2. The molecule has 0 aliphatic rings. The first kappa shape index (κ1) is 46.5. The third kappa shape index (κ3) is 23.6. The molecular formula is C46H74N4Ni. The SMILES string of the molecule is CCCCCCCCCCCCCCCCCCCCCCCCC#CC(C=Nc1ccc(N(C)CC)cc1)=Nc1ccc(N(C)CC)cc1.[Ni]. The van der Waals surface area contributed by atoms with Crippen molar-refractivity contribution in [3.8, 4) is 11.8 Å². The molecule has 0 N–H and O–H groups in total. The first-order valence-electron chi connectivity index (χ1n) is 20.8. The summed E-state index contributed by atoms with van der Waals surface area (Å²) in [5.74, 6) is 6.71. The van der Waals surface area contributed by atoms with E-state index >= 15 is 0 Å². The first-order chi connectivity index (χ1) is 24.6. The van der Waals surface area contributed by atoms with Crippen LogP contribution in [-0.2, 0) is 16.5 Å². The van der Waals surface area contributed by atoms with Crippen molar-refractivity contribution in [2.24, 2.45) is 9.98 Å². The minimum absolute atomic E-state index is 0. The molecule has 0 saturated heterocycles. The summed E-state index contributed by atoms with van der Waals surface area (Å²) in [4.78, 5) is 14.0. The van der Waals surface area contributed by atoms with Gasteiger partial charge >= 0.3 is 0 Å². The number of rotatable bonds is 29. The van der Waals surface area contributed by atoms with Gasteiger partial charge in [-0.2, -0.15) is 0 Å². The van der Waals surface area contributed by atoms with E-state index in [1.165, 1.54) is 146 Å². The molecule has 0 fully saturated rings. The number of aliphatic imine (C=N–C) groups is 2. The van der Waals surface area contributed by atoms with Gasteiger partial charge in [0, 0.05) is 61.5 Å². The van der Waals surface area contributed by atoms with Crippen LogP contribution in [0, 0.1) is 11.8 Å². The van der Waals surface area contributed by atoms with Gasteiger partial charge < -0.3 is 9.80 Å². The standard InChI is InChI=1S/C46H74N4.Ni/c1-6-9-10-11-12-13-14-15-16-17-18-19-20-21-22-23-24-25-26-27-28-29-30-31-32-44(48-43-35-39-46(40-36-43)50(5)8-3)41-47-42-33-37-45(38-34-42)49(4)7-2;/h33-41H,6-30H2,1-5H3;. The molecule has 2 aromatic rings. The second-order valence-electron chi connectivity index (χ2n) is 14.3. The van der Waals surface area contributed by atoms with Crippen LogP contribution in [0.1, 0.15) is 168 Å². The second kappa shape index (κ2) is 32.1. The van der Waals surface area contributed by atoms with Crippen molar-refractivity contribution in [3.63, 3.8) is 0 Å². The van der Waals surface area contributed by atoms with Crippen LogP contribution >= 0.6 is 0 Å². The Hall–Kier alpha value is -2.57. The number of hydrogen-bond acceptors (Lipinski definition) is 4. The van der Waals surface area contributed by atoms with Crippen LogP contribution in [0.3, 0.4) is 0 Å². The molecule has 0 atom stereocenters. The molecule has 4 nitrogen and oxygen atoms in total. The minimum Gasteiger partial charge on any atom is -0.375 e. The van der Waals surface area contributed by atoms with E-state index in [1.807, 2.05) is 6.21 Å². The van der Waals surface area contributed by atoms with E-state index in [4.69, 9.17) is 9.98 Å². The fourth-order valence-corrected chi connectivity index (χ4v) is 6.28. The summed E-state index contributed by atoms with van der Waals surface area (Å²) in [6, 6.07) is 16.7. The van der Waals surface area contributed by atoms with Crippen LogP contribution < -0.4 is 9.80 Å². The Morgan fingerprint density at radius 2 is 0.863 bits per heavy atom. The number of benzene rings is 2.